The smallest absolute Gasteiger partial charge is 0.302 e. The van der Waals surface area contributed by atoms with E-state index in [9.17, 15) is 14.4 Å². The van der Waals surface area contributed by atoms with Crippen molar-refractivity contribution >= 4 is 39.5 Å². The molecule has 1 aromatic carbocycles. The quantitative estimate of drug-likeness (QED) is 0.369. The highest BCUT2D eigenvalue weighted by Gasteiger charge is 2.28. The number of Topliss-reactive ketones (excluding diaryl/α,β-unsaturated/α-hetero) is 1. The molecule has 0 fully saturated rings. The highest BCUT2D eigenvalue weighted by atomic mass is 35.5. The molecule has 0 bridgehead atoms. The number of halogens is 1. The van der Waals surface area contributed by atoms with Crippen LogP contribution < -0.4 is 0 Å². The number of hydrogen-bond acceptors (Lipinski definition) is 4. The molecule has 1 aromatic heterocycles. The van der Waals surface area contributed by atoms with Crippen LogP contribution in [0, 0.1) is 5.92 Å². The van der Waals surface area contributed by atoms with Gasteiger partial charge in [-0.05, 0) is 42.8 Å². The standard InChI is InChI=1S/C18H18ClNO4/c1-11(21)24-10-12-6-7-15-16(17(22)18(19)23)13-4-2-3-5-14(13)20(15)9-8-12/h2-5,12H,6-10H2,1H3. The minimum atomic E-state index is -0.963. The summed E-state index contributed by atoms with van der Waals surface area (Å²) in [6.07, 6.45) is 2.29. The normalized spacial score (nSPS) is 17.2. The van der Waals surface area contributed by atoms with Crippen LogP contribution in [0.3, 0.4) is 0 Å². The molecule has 0 saturated heterocycles. The van der Waals surface area contributed by atoms with Crippen LogP contribution in [0.1, 0.15) is 35.8 Å². The van der Waals surface area contributed by atoms with Gasteiger partial charge in [0.05, 0.1) is 12.2 Å². The highest BCUT2D eigenvalue weighted by molar-refractivity contribution is 6.83. The number of ketones is 1. The van der Waals surface area contributed by atoms with Gasteiger partial charge in [0.15, 0.2) is 0 Å². The summed E-state index contributed by atoms with van der Waals surface area (Å²) in [7, 11) is 0. The van der Waals surface area contributed by atoms with E-state index >= 15 is 0 Å². The molecule has 24 heavy (non-hydrogen) atoms. The van der Waals surface area contributed by atoms with Gasteiger partial charge in [-0.25, -0.2) is 0 Å². The second-order valence-corrected chi connectivity index (χ2v) is 6.43. The van der Waals surface area contributed by atoms with Crippen LogP contribution in [0.2, 0.25) is 0 Å². The molecular weight excluding hydrogens is 330 g/mol. The van der Waals surface area contributed by atoms with E-state index < -0.39 is 11.0 Å². The number of carbonyl (C=O) groups excluding carboxylic acids is 3. The van der Waals surface area contributed by atoms with Crippen molar-refractivity contribution in [1.29, 1.82) is 0 Å². The van der Waals surface area contributed by atoms with E-state index in [0.717, 1.165) is 29.4 Å². The second kappa shape index (κ2) is 6.77. The van der Waals surface area contributed by atoms with E-state index in [2.05, 4.69) is 4.57 Å². The Bertz CT molecular complexity index is 824. The van der Waals surface area contributed by atoms with Crippen LogP contribution in [0.5, 0.6) is 0 Å². The number of ether oxygens (including phenoxy) is 1. The summed E-state index contributed by atoms with van der Waals surface area (Å²) in [5, 5.41) is -0.195. The molecule has 0 aliphatic carbocycles. The first-order chi connectivity index (χ1) is 11.5. The zero-order valence-electron chi connectivity index (χ0n) is 13.4. The maximum Gasteiger partial charge on any atom is 0.302 e. The summed E-state index contributed by atoms with van der Waals surface area (Å²) >= 11 is 5.46. The molecular formula is C18H18ClNO4. The molecule has 0 amide bonds. The molecule has 2 aromatic rings. The Labute approximate surface area is 144 Å². The fourth-order valence-electron chi connectivity index (χ4n) is 3.42. The average Bonchev–Trinajstić information content (AvgIpc) is 2.71. The van der Waals surface area contributed by atoms with Crippen molar-refractivity contribution in [2.45, 2.75) is 32.7 Å². The summed E-state index contributed by atoms with van der Waals surface area (Å²) in [5.74, 6) is -0.699. The van der Waals surface area contributed by atoms with Crippen molar-refractivity contribution in [2.24, 2.45) is 5.92 Å². The Morgan fingerprint density at radius 2 is 2.00 bits per heavy atom. The van der Waals surface area contributed by atoms with Crippen LogP contribution in [-0.4, -0.2) is 28.2 Å². The van der Waals surface area contributed by atoms with Gasteiger partial charge >= 0.3 is 5.97 Å². The zero-order valence-corrected chi connectivity index (χ0v) is 14.1. The number of esters is 1. The van der Waals surface area contributed by atoms with Gasteiger partial charge in [0, 0.05) is 30.1 Å². The van der Waals surface area contributed by atoms with Gasteiger partial charge in [-0.2, -0.15) is 0 Å². The molecule has 1 aliphatic heterocycles. The molecule has 0 spiro atoms. The lowest BCUT2D eigenvalue weighted by Gasteiger charge is -2.13. The van der Waals surface area contributed by atoms with Gasteiger partial charge in [0.25, 0.3) is 5.24 Å². The summed E-state index contributed by atoms with van der Waals surface area (Å²) in [6.45, 7) is 2.50. The summed E-state index contributed by atoms with van der Waals surface area (Å²) in [5.41, 5.74) is 2.20. The van der Waals surface area contributed by atoms with Crippen LogP contribution in [0.15, 0.2) is 24.3 Å². The monoisotopic (exact) mass is 347 g/mol. The molecule has 2 heterocycles. The predicted molar refractivity (Wildman–Crippen MR) is 90.2 cm³/mol. The first-order valence-corrected chi connectivity index (χ1v) is 8.34. The van der Waals surface area contributed by atoms with Crippen molar-refractivity contribution in [3.63, 3.8) is 0 Å². The number of carbonyl (C=O) groups is 3. The van der Waals surface area contributed by atoms with E-state index in [1.54, 1.807) is 0 Å². The van der Waals surface area contributed by atoms with E-state index in [4.69, 9.17) is 16.3 Å². The molecule has 1 unspecified atom stereocenters. The Balaban J connectivity index is 1.99. The van der Waals surface area contributed by atoms with E-state index in [-0.39, 0.29) is 11.9 Å². The predicted octanol–water partition coefficient (Wildman–Crippen LogP) is 3.11. The zero-order chi connectivity index (χ0) is 17.3. The fourth-order valence-corrected chi connectivity index (χ4v) is 3.52. The van der Waals surface area contributed by atoms with Crippen LogP contribution in [0.4, 0.5) is 0 Å². The third kappa shape index (κ3) is 3.08. The minimum Gasteiger partial charge on any atom is -0.466 e. The van der Waals surface area contributed by atoms with Crippen LogP contribution in [0.25, 0.3) is 10.9 Å². The summed E-state index contributed by atoms with van der Waals surface area (Å²) in [4.78, 5) is 34.8. The van der Waals surface area contributed by atoms with Crippen molar-refractivity contribution in [3.8, 4) is 0 Å². The molecule has 3 rings (SSSR count). The van der Waals surface area contributed by atoms with Gasteiger partial charge in [0.2, 0.25) is 5.78 Å². The minimum absolute atomic E-state index is 0.238. The molecule has 6 heteroatoms. The number of hydrogen-bond donors (Lipinski definition) is 0. The van der Waals surface area contributed by atoms with Gasteiger partial charge in [-0.1, -0.05) is 18.2 Å². The molecule has 1 atom stereocenters. The number of benzene rings is 1. The van der Waals surface area contributed by atoms with Crippen LogP contribution in [-0.2, 0) is 27.3 Å². The Morgan fingerprint density at radius 1 is 1.25 bits per heavy atom. The number of para-hydroxylation sites is 1. The lowest BCUT2D eigenvalue weighted by atomic mass is 9.98. The highest BCUT2D eigenvalue weighted by Crippen LogP contribution is 2.32. The van der Waals surface area contributed by atoms with E-state index in [1.165, 1.54) is 6.92 Å². The van der Waals surface area contributed by atoms with E-state index in [0.29, 0.717) is 25.1 Å². The number of aromatic nitrogens is 1. The van der Waals surface area contributed by atoms with Crippen molar-refractivity contribution in [1.82, 2.24) is 4.57 Å². The SMILES string of the molecule is CC(=O)OCC1CCc2c(C(=O)C(=O)Cl)c3ccccc3n2CC1. The molecule has 1 aliphatic rings. The maximum atomic E-state index is 12.3. The first-order valence-electron chi connectivity index (χ1n) is 7.96. The number of aryl methyl sites for hydroxylation is 1. The Morgan fingerprint density at radius 3 is 2.71 bits per heavy atom. The number of rotatable bonds is 4. The number of nitrogens with zero attached hydrogens (tertiary/aromatic N) is 1. The summed E-state index contributed by atoms with van der Waals surface area (Å²) < 4.78 is 7.22. The van der Waals surface area contributed by atoms with Crippen molar-refractivity contribution in [3.05, 3.63) is 35.5 Å². The molecule has 126 valence electrons. The van der Waals surface area contributed by atoms with Crippen LogP contribution >= 0.6 is 11.6 Å². The first kappa shape index (κ1) is 16.7. The Hall–Kier alpha value is -2.14. The molecule has 5 nitrogen and oxygen atoms in total. The van der Waals surface area contributed by atoms with Gasteiger partial charge in [-0.3, -0.25) is 14.4 Å². The van der Waals surface area contributed by atoms with Gasteiger partial charge in [0.1, 0.15) is 0 Å². The van der Waals surface area contributed by atoms with E-state index in [1.807, 2.05) is 24.3 Å². The fraction of sp³-hybridized carbons (Fsp3) is 0.389. The van der Waals surface area contributed by atoms with Gasteiger partial charge < -0.3 is 9.30 Å². The third-order valence-electron chi connectivity index (χ3n) is 4.56. The third-order valence-corrected chi connectivity index (χ3v) is 4.73. The topological polar surface area (TPSA) is 65.4 Å². The Kier molecular flexibility index (Phi) is 4.71. The average molecular weight is 348 g/mol. The van der Waals surface area contributed by atoms with Crippen molar-refractivity contribution in [2.75, 3.05) is 6.61 Å². The largest absolute Gasteiger partial charge is 0.466 e. The molecule has 0 radical (unpaired) electrons. The maximum absolute atomic E-state index is 12.3. The van der Waals surface area contributed by atoms with Crippen molar-refractivity contribution < 1.29 is 19.1 Å². The lowest BCUT2D eigenvalue weighted by molar-refractivity contribution is -0.142. The van der Waals surface area contributed by atoms with Gasteiger partial charge in [-0.15, -0.1) is 0 Å². The summed E-state index contributed by atoms with van der Waals surface area (Å²) in [6, 6.07) is 7.55. The molecule has 0 saturated carbocycles. The molecule has 0 N–H and O–H groups in total. The number of fused-ring (bicyclic) bond motifs is 3. The lowest BCUT2D eigenvalue weighted by Crippen LogP contribution is -2.13. The second-order valence-electron chi connectivity index (χ2n) is 6.09.